The lowest BCUT2D eigenvalue weighted by atomic mass is 10.1. The molecular formula is C28H28FN3O2. The molecule has 0 spiro atoms. The molecule has 0 aliphatic heterocycles. The number of rotatable bonds is 8. The van der Waals surface area contributed by atoms with E-state index in [0.717, 1.165) is 12.0 Å². The quantitative estimate of drug-likeness (QED) is 0.356. The van der Waals surface area contributed by atoms with Gasteiger partial charge in [0, 0.05) is 13.1 Å². The number of hydrogen-bond donors (Lipinski definition) is 0. The van der Waals surface area contributed by atoms with Crippen LogP contribution in [0.1, 0.15) is 48.1 Å². The van der Waals surface area contributed by atoms with Crippen LogP contribution in [0.25, 0.3) is 10.9 Å². The summed E-state index contributed by atoms with van der Waals surface area (Å²) in [6.07, 6.45) is 1.34. The van der Waals surface area contributed by atoms with Gasteiger partial charge >= 0.3 is 0 Å². The zero-order valence-electron chi connectivity index (χ0n) is 19.4. The molecule has 4 rings (SSSR count). The minimum atomic E-state index is -0.568. The average molecular weight is 458 g/mol. The smallest absolute Gasteiger partial charge is 0.261 e. The number of benzene rings is 3. The average Bonchev–Trinajstić information content (AvgIpc) is 2.86. The standard InChI is InChI=1S/C28H28FN3O2/c1-3-18-32-26(30-25-16-10-8-14-23(25)28(32)34)20(2)31(19-17-21-11-5-4-6-12-21)27(33)22-13-7-9-15-24(22)29/h4-16,20H,3,17-19H2,1-2H3. The van der Waals surface area contributed by atoms with Crippen LogP contribution in [0.15, 0.2) is 83.7 Å². The molecule has 0 aliphatic carbocycles. The molecule has 34 heavy (non-hydrogen) atoms. The highest BCUT2D eigenvalue weighted by Gasteiger charge is 2.28. The fourth-order valence-electron chi connectivity index (χ4n) is 4.24. The zero-order chi connectivity index (χ0) is 24.1. The van der Waals surface area contributed by atoms with Gasteiger partial charge in [-0.3, -0.25) is 14.2 Å². The highest BCUT2D eigenvalue weighted by Crippen LogP contribution is 2.24. The highest BCUT2D eigenvalue weighted by molar-refractivity contribution is 5.94. The minimum absolute atomic E-state index is 0.00703. The summed E-state index contributed by atoms with van der Waals surface area (Å²) in [4.78, 5) is 33.3. The van der Waals surface area contributed by atoms with Gasteiger partial charge in [0.2, 0.25) is 0 Å². The van der Waals surface area contributed by atoms with Crippen molar-refractivity contribution in [3.63, 3.8) is 0 Å². The monoisotopic (exact) mass is 457 g/mol. The molecule has 0 aliphatic rings. The third kappa shape index (κ3) is 4.76. The second-order valence-electron chi connectivity index (χ2n) is 8.33. The number of fused-ring (bicyclic) bond motifs is 1. The van der Waals surface area contributed by atoms with Crippen LogP contribution >= 0.6 is 0 Å². The molecule has 3 aromatic carbocycles. The summed E-state index contributed by atoms with van der Waals surface area (Å²) in [5.74, 6) is -0.489. The summed E-state index contributed by atoms with van der Waals surface area (Å²) in [5.41, 5.74) is 1.53. The third-order valence-corrected chi connectivity index (χ3v) is 6.03. The number of aromatic nitrogens is 2. The van der Waals surface area contributed by atoms with Gasteiger partial charge in [0.05, 0.1) is 22.5 Å². The van der Waals surface area contributed by atoms with E-state index in [9.17, 15) is 14.0 Å². The van der Waals surface area contributed by atoms with Crippen molar-refractivity contribution in [3.05, 3.63) is 112 Å². The fourth-order valence-corrected chi connectivity index (χ4v) is 4.24. The lowest BCUT2D eigenvalue weighted by Gasteiger charge is -2.31. The molecule has 1 heterocycles. The van der Waals surface area contributed by atoms with Crippen LogP contribution in [0.5, 0.6) is 0 Å². The first-order valence-corrected chi connectivity index (χ1v) is 11.6. The first-order valence-electron chi connectivity index (χ1n) is 11.6. The van der Waals surface area contributed by atoms with Crippen molar-refractivity contribution in [1.29, 1.82) is 0 Å². The Bertz CT molecular complexity index is 1350. The van der Waals surface area contributed by atoms with Crippen LogP contribution in [0.2, 0.25) is 0 Å². The Morgan fingerprint density at radius 2 is 1.68 bits per heavy atom. The van der Waals surface area contributed by atoms with E-state index in [2.05, 4.69) is 0 Å². The van der Waals surface area contributed by atoms with Gasteiger partial charge in [0.25, 0.3) is 11.5 Å². The Labute approximate surface area is 198 Å². The van der Waals surface area contributed by atoms with E-state index in [1.54, 1.807) is 33.7 Å². The van der Waals surface area contributed by atoms with Crippen LogP contribution in [0.3, 0.4) is 0 Å². The van der Waals surface area contributed by atoms with E-state index >= 15 is 0 Å². The predicted octanol–water partition coefficient (Wildman–Crippen LogP) is 5.39. The topological polar surface area (TPSA) is 55.2 Å². The molecule has 0 radical (unpaired) electrons. The summed E-state index contributed by atoms with van der Waals surface area (Å²) in [5, 5.41) is 0.545. The number of para-hydroxylation sites is 1. The van der Waals surface area contributed by atoms with Crippen LogP contribution < -0.4 is 5.56 Å². The maximum absolute atomic E-state index is 14.6. The van der Waals surface area contributed by atoms with Crippen molar-refractivity contribution in [2.24, 2.45) is 0 Å². The molecule has 0 saturated carbocycles. The molecule has 4 aromatic rings. The normalized spacial score (nSPS) is 12.0. The largest absolute Gasteiger partial charge is 0.328 e. The summed E-state index contributed by atoms with van der Waals surface area (Å²) in [6, 6.07) is 22.5. The van der Waals surface area contributed by atoms with E-state index in [1.807, 2.05) is 56.3 Å². The van der Waals surface area contributed by atoms with Crippen molar-refractivity contribution in [1.82, 2.24) is 14.5 Å². The van der Waals surface area contributed by atoms with Crippen molar-refractivity contribution in [2.45, 2.75) is 39.3 Å². The molecule has 6 heteroatoms. The molecule has 1 aromatic heterocycles. The molecule has 0 bridgehead atoms. The molecule has 1 unspecified atom stereocenters. The number of carbonyl (C=O) groups is 1. The Kier molecular flexibility index (Phi) is 7.16. The van der Waals surface area contributed by atoms with E-state index in [0.29, 0.717) is 36.2 Å². The van der Waals surface area contributed by atoms with Gasteiger partial charge in [-0.25, -0.2) is 9.37 Å². The summed E-state index contributed by atoms with van der Waals surface area (Å²) >= 11 is 0. The van der Waals surface area contributed by atoms with E-state index < -0.39 is 17.8 Å². The highest BCUT2D eigenvalue weighted by atomic mass is 19.1. The maximum Gasteiger partial charge on any atom is 0.261 e. The van der Waals surface area contributed by atoms with E-state index in [1.165, 1.54) is 12.1 Å². The Morgan fingerprint density at radius 3 is 2.41 bits per heavy atom. The second-order valence-corrected chi connectivity index (χ2v) is 8.33. The lowest BCUT2D eigenvalue weighted by Crippen LogP contribution is -2.39. The number of amides is 1. The summed E-state index contributed by atoms with van der Waals surface area (Å²) < 4.78 is 16.2. The van der Waals surface area contributed by atoms with E-state index in [-0.39, 0.29) is 11.1 Å². The van der Waals surface area contributed by atoms with E-state index in [4.69, 9.17) is 4.98 Å². The molecule has 0 N–H and O–H groups in total. The molecule has 174 valence electrons. The van der Waals surface area contributed by atoms with Crippen molar-refractivity contribution in [2.75, 3.05) is 6.54 Å². The molecule has 1 atom stereocenters. The van der Waals surface area contributed by atoms with Crippen LogP contribution in [0, 0.1) is 5.82 Å². The van der Waals surface area contributed by atoms with Gasteiger partial charge in [0.1, 0.15) is 11.6 Å². The fraction of sp³-hybridized carbons (Fsp3) is 0.250. The van der Waals surface area contributed by atoms with Crippen molar-refractivity contribution in [3.8, 4) is 0 Å². The Morgan fingerprint density at radius 1 is 1.00 bits per heavy atom. The van der Waals surface area contributed by atoms with Gasteiger partial charge in [-0.05, 0) is 49.6 Å². The minimum Gasteiger partial charge on any atom is -0.328 e. The van der Waals surface area contributed by atoms with Gasteiger partial charge in [-0.1, -0.05) is 61.5 Å². The van der Waals surface area contributed by atoms with Crippen molar-refractivity contribution < 1.29 is 9.18 Å². The molecule has 0 saturated heterocycles. The van der Waals surface area contributed by atoms with Crippen molar-refractivity contribution >= 4 is 16.8 Å². The van der Waals surface area contributed by atoms with Gasteiger partial charge in [-0.2, -0.15) is 0 Å². The Hall–Kier alpha value is -3.80. The third-order valence-electron chi connectivity index (χ3n) is 6.03. The lowest BCUT2D eigenvalue weighted by molar-refractivity contribution is 0.0676. The number of nitrogens with zero attached hydrogens (tertiary/aromatic N) is 3. The zero-order valence-corrected chi connectivity index (χ0v) is 19.4. The maximum atomic E-state index is 14.6. The van der Waals surface area contributed by atoms with Gasteiger partial charge < -0.3 is 4.90 Å². The number of carbonyl (C=O) groups excluding carboxylic acids is 1. The SMILES string of the molecule is CCCn1c(C(C)N(CCc2ccccc2)C(=O)c2ccccc2F)nc2ccccc2c1=O. The Balaban J connectivity index is 1.79. The van der Waals surface area contributed by atoms with Crippen LogP contribution in [-0.4, -0.2) is 26.9 Å². The first-order chi connectivity index (χ1) is 16.5. The second kappa shape index (κ2) is 10.4. The predicted molar refractivity (Wildman–Crippen MR) is 132 cm³/mol. The summed E-state index contributed by atoms with van der Waals surface area (Å²) in [7, 11) is 0. The molecular weight excluding hydrogens is 429 g/mol. The van der Waals surface area contributed by atoms with Crippen LogP contribution in [0.4, 0.5) is 4.39 Å². The van der Waals surface area contributed by atoms with Gasteiger partial charge in [-0.15, -0.1) is 0 Å². The first kappa shape index (κ1) is 23.4. The molecule has 0 fully saturated rings. The van der Waals surface area contributed by atoms with Crippen LogP contribution in [-0.2, 0) is 13.0 Å². The van der Waals surface area contributed by atoms with Gasteiger partial charge in [0.15, 0.2) is 0 Å². The molecule has 1 amide bonds. The summed E-state index contributed by atoms with van der Waals surface area (Å²) in [6.45, 7) is 4.68. The number of halogens is 1. The molecule has 5 nitrogen and oxygen atoms in total. The number of hydrogen-bond acceptors (Lipinski definition) is 3.